The molecular weight excluding hydrogens is 300 g/mol. The number of hydrogen-bond donors (Lipinski definition) is 4. The number of hydrogen-bond acceptors (Lipinski definition) is 6. The lowest BCUT2D eigenvalue weighted by molar-refractivity contribution is -0.137. The lowest BCUT2D eigenvalue weighted by atomic mass is 9.87. The Morgan fingerprint density at radius 1 is 1.22 bits per heavy atom. The quantitative estimate of drug-likeness (QED) is 0.434. The number of likely N-dealkylation sites (N-methyl/N-ethyl adjacent to an activating group) is 1. The summed E-state index contributed by atoms with van der Waals surface area (Å²) in [4.78, 5) is 25.9. The smallest absolute Gasteiger partial charge is 0.249 e. The number of piperazine rings is 1. The molecule has 8 heteroatoms. The van der Waals surface area contributed by atoms with E-state index in [1.54, 1.807) is 13.8 Å². The van der Waals surface area contributed by atoms with Gasteiger partial charge in [-0.1, -0.05) is 20.8 Å². The summed E-state index contributed by atoms with van der Waals surface area (Å²) < 4.78 is 0. The Kier molecular flexibility index (Phi) is 7.90. The van der Waals surface area contributed by atoms with Crippen LogP contribution in [0.1, 0.15) is 27.2 Å². The third kappa shape index (κ3) is 6.42. The highest BCUT2D eigenvalue weighted by molar-refractivity contribution is 5.82. The van der Waals surface area contributed by atoms with Crippen molar-refractivity contribution in [3.8, 4) is 0 Å². The summed E-state index contributed by atoms with van der Waals surface area (Å²) in [6.45, 7) is 9.60. The maximum Gasteiger partial charge on any atom is 0.249 e. The van der Waals surface area contributed by atoms with Gasteiger partial charge in [0.25, 0.3) is 0 Å². The summed E-state index contributed by atoms with van der Waals surface area (Å²) in [6, 6.07) is 0. The maximum absolute atomic E-state index is 11.8. The van der Waals surface area contributed by atoms with E-state index in [0.29, 0.717) is 0 Å². The molecule has 8 nitrogen and oxygen atoms in total. The second kappa shape index (κ2) is 9.17. The number of amides is 2. The number of nitrogens with one attached hydrogen (secondary N) is 2. The molecule has 1 atom stereocenters. The van der Waals surface area contributed by atoms with E-state index in [0.717, 1.165) is 32.7 Å². The highest BCUT2D eigenvalue weighted by Crippen LogP contribution is 2.19. The van der Waals surface area contributed by atoms with Gasteiger partial charge in [-0.3, -0.25) is 15.0 Å². The lowest BCUT2D eigenvalue weighted by Crippen LogP contribution is -2.53. The summed E-state index contributed by atoms with van der Waals surface area (Å²) >= 11 is 0. The normalized spacial score (nSPS) is 18.5. The Morgan fingerprint density at radius 3 is 2.35 bits per heavy atom. The van der Waals surface area contributed by atoms with Crippen LogP contribution in [0.2, 0.25) is 0 Å². The number of hydrazine groups is 1. The van der Waals surface area contributed by atoms with Crippen molar-refractivity contribution in [1.82, 2.24) is 20.7 Å². The maximum atomic E-state index is 11.8. The van der Waals surface area contributed by atoms with Crippen LogP contribution in [-0.4, -0.2) is 83.9 Å². The van der Waals surface area contributed by atoms with Gasteiger partial charge in [0, 0.05) is 44.6 Å². The molecule has 0 aromatic heterocycles. The van der Waals surface area contributed by atoms with Crippen LogP contribution in [0.15, 0.2) is 0 Å². The third-order valence-corrected chi connectivity index (χ3v) is 4.15. The average Bonchev–Trinajstić information content (AvgIpc) is 2.54. The van der Waals surface area contributed by atoms with Crippen molar-refractivity contribution in [2.24, 2.45) is 5.41 Å². The van der Waals surface area contributed by atoms with Crippen LogP contribution in [0.3, 0.4) is 0 Å². The van der Waals surface area contributed by atoms with Gasteiger partial charge in [-0.25, -0.2) is 5.01 Å². The largest absolute Gasteiger partial charge is 0.396 e. The van der Waals surface area contributed by atoms with E-state index < -0.39 is 17.4 Å². The first kappa shape index (κ1) is 19.8. The molecule has 0 bridgehead atoms. The molecule has 1 fully saturated rings. The van der Waals surface area contributed by atoms with Crippen molar-refractivity contribution in [1.29, 1.82) is 0 Å². The molecule has 0 aromatic rings. The number of carbonyl (C=O) groups excluding carboxylic acids is 2. The second-order valence-electron chi connectivity index (χ2n) is 6.55. The van der Waals surface area contributed by atoms with Gasteiger partial charge < -0.3 is 20.4 Å². The van der Waals surface area contributed by atoms with Gasteiger partial charge in [0.15, 0.2) is 0 Å². The zero-order valence-corrected chi connectivity index (χ0v) is 14.3. The first-order chi connectivity index (χ1) is 10.8. The predicted octanol–water partition coefficient (Wildman–Crippen LogP) is -1.46. The van der Waals surface area contributed by atoms with E-state index in [9.17, 15) is 14.7 Å². The van der Waals surface area contributed by atoms with Crippen molar-refractivity contribution in [2.45, 2.75) is 33.3 Å². The van der Waals surface area contributed by atoms with Gasteiger partial charge in [-0.05, 0) is 6.54 Å². The van der Waals surface area contributed by atoms with E-state index in [4.69, 9.17) is 5.11 Å². The van der Waals surface area contributed by atoms with Gasteiger partial charge in [0.1, 0.15) is 6.10 Å². The van der Waals surface area contributed by atoms with Crippen molar-refractivity contribution in [2.75, 3.05) is 45.9 Å². The molecule has 2 amide bonds. The van der Waals surface area contributed by atoms with Crippen molar-refractivity contribution >= 4 is 11.8 Å². The van der Waals surface area contributed by atoms with Gasteiger partial charge in [0.05, 0.1) is 6.61 Å². The van der Waals surface area contributed by atoms with E-state index >= 15 is 0 Å². The molecular formula is C15H30N4O4. The van der Waals surface area contributed by atoms with Gasteiger partial charge in [0.2, 0.25) is 11.8 Å². The van der Waals surface area contributed by atoms with Crippen LogP contribution >= 0.6 is 0 Å². The van der Waals surface area contributed by atoms with E-state index in [1.165, 1.54) is 0 Å². The summed E-state index contributed by atoms with van der Waals surface area (Å²) in [7, 11) is 0. The minimum atomic E-state index is -1.31. The molecule has 1 aliphatic rings. The van der Waals surface area contributed by atoms with Crippen LogP contribution in [0, 0.1) is 5.41 Å². The highest BCUT2D eigenvalue weighted by atomic mass is 16.3. The third-order valence-electron chi connectivity index (χ3n) is 4.15. The van der Waals surface area contributed by atoms with Crippen LogP contribution in [0.25, 0.3) is 0 Å². The zero-order chi connectivity index (χ0) is 17.5. The molecule has 0 radical (unpaired) electrons. The minimum absolute atomic E-state index is 0.145. The summed E-state index contributed by atoms with van der Waals surface area (Å²) in [5.41, 5.74) is 1.91. The van der Waals surface area contributed by atoms with Gasteiger partial charge in [-0.15, -0.1) is 0 Å². The highest BCUT2D eigenvalue weighted by Gasteiger charge is 2.32. The second-order valence-corrected chi connectivity index (χ2v) is 6.55. The topological polar surface area (TPSA) is 105 Å². The molecule has 0 aromatic carbocycles. The van der Waals surface area contributed by atoms with Crippen LogP contribution in [0.4, 0.5) is 0 Å². The fourth-order valence-corrected chi connectivity index (χ4v) is 2.25. The number of aliphatic hydroxyl groups is 2. The monoisotopic (exact) mass is 330 g/mol. The fourth-order valence-electron chi connectivity index (χ4n) is 2.25. The average molecular weight is 330 g/mol. The Morgan fingerprint density at radius 2 is 1.83 bits per heavy atom. The Hall–Kier alpha value is -1.22. The fraction of sp³-hybridized carbons (Fsp3) is 0.867. The number of rotatable bonds is 8. The summed E-state index contributed by atoms with van der Waals surface area (Å²) in [5, 5.41) is 23.4. The van der Waals surface area contributed by atoms with Crippen LogP contribution in [-0.2, 0) is 9.59 Å². The number of nitrogens with zero attached hydrogens (tertiary/aromatic N) is 2. The molecule has 0 saturated carbocycles. The lowest BCUT2D eigenvalue weighted by Gasteiger charge is -2.34. The molecule has 0 aliphatic carbocycles. The molecule has 1 heterocycles. The molecule has 1 rings (SSSR count). The van der Waals surface area contributed by atoms with E-state index in [1.807, 2.05) is 5.01 Å². The van der Waals surface area contributed by atoms with Crippen LogP contribution in [0.5, 0.6) is 0 Å². The standard InChI is InChI=1S/C15H30N4O4/c1-4-18-7-9-19(10-8-18)17-12(21)5-6-16-14(23)13(22)15(2,3)11-20/h13,20,22H,4-11H2,1-3H3,(H,16,23)(H,17,21)/t13-/m0/s1. The molecule has 0 spiro atoms. The number of aliphatic hydroxyl groups excluding tert-OH is 2. The Labute approximate surface area is 137 Å². The minimum Gasteiger partial charge on any atom is -0.396 e. The molecule has 1 aliphatic heterocycles. The van der Waals surface area contributed by atoms with E-state index in [-0.39, 0.29) is 25.5 Å². The Balaban J connectivity index is 2.23. The molecule has 4 N–H and O–H groups in total. The van der Waals surface area contributed by atoms with Crippen molar-refractivity contribution in [3.05, 3.63) is 0 Å². The molecule has 23 heavy (non-hydrogen) atoms. The molecule has 1 saturated heterocycles. The summed E-state index contributed by atoms with van der Waals surface area (Å²) in [6.07, 6.45) is -1.16. The number of carbonyl (C=O) groups is 2. The SMILES string of the molecule is CCN1CCN(NC(=O)CCNC(=O)[C@H](O)C(C)(C)CO)CC1. The van der Waals surface area contributed by atoms with Gasteiger partial charge in [-0.2, -0.15) is 0 Å². The molecule has 134 valence electrons. The van der Waals surface area contributed by atoms with Crippen LogP contribution < -0.4 is 10.7 Å². The van der Waals surface area contributed by atoms with E-state index in [2.05, 4.69) is 22.6 Å². The summed E-state index contributed by atoms with van der Waals surface area (Å²) in [5.74, 6) is -0.737. The zero-order valence-electron chi connectivity index (χ0n) is 14.3. The first-order valence-corrected chi connectivity index (χ1v) is 8.13. The van der Waals surface area contributed by atoms with Crippen molar-refractivity contribution < 1.29 is 19.8 Å². The molecule has 0 unspecified atom stereocenters. The van der Waals surface area contributed by atoms with Gasteiger partial charge >= 0.3 is 0 Å². The first-order valence-electron chi connectivity index (χ1n) is 8.13. The predicted molar refractivity (Wildman–Crippen MR) is 86.3 cm³/mol. The Bertz CT molecular complexity index is 395. The van der Waals surface area contributed by atoms with Crippen molar-refractivity contribution in [3.63, 3.8) is 0 Å².